The van der Waals surface area contributed by atoms with Crippen LogP contribution >= 0.6 is 11.8 Å². The van der Waals surface area contributed by atoms with E-state index >= 15 is 0 Å². The van der Waals surface area contributed by atoms with Gasteiger partial charge in [0.25, 0.3) is 5.91 Å². The molecule has 0 fully saturated rings. The summed E-state index contributed by atoms with van der Waals surface area (Å²) in [6.45, 7) is 1.73. The number of carbonyl (C=O) groups excluding carboxylic acids is 2. The van der Waals surface area contributed by atoms with Gasteiger partial charge in [-0.1, -0.05) is 17.3 Å². The first kappa shape index (κ1) is 14.1. The highest BCUT2D eigenvalue weighted by atomic mass is 32.2. The van der Waals surface area contributed by atoms with Crippen LogP contribution in [-0.4, -0.2) is 22.7 Å². The summed E-state index contributed by atoms with van der Waals surface area (Å²) in [5, 5.41) is 6.38. The maximum Gasteiger partial charge on any atom is 0.294 e. The zero-order valence-corrected chi connectivity index (χ0v) is 11.6. The lowest BCUT2D eigenvalue weighted by Crippen LogP contribution is -2.14. The molecule has 1 aromatic carbocycles. The number of nitrogens with one attached hydrogen (secondary N) is 1. The third-order valence-electron chi connectivity index (χ3n) is 2.36. The topological polar surface area (TPSA) is 98.2 Å². The van der Waals surface area contributed by atoms with Crippen LogP contribution in [0.15, 0.2) is 39.8 Å². The standard InChI is InChI=1S/C13H13N3O3S/c1-8-6-10(19-16-8)13(18)15-9-4-2-3-5-11(9)20-7-12(14)17/h2-6H,7H2,1H3,(H2,14,17)(H,15,18). The lowest BCUT2D eigenvalue weighted by molar-refractivity contribution is -0.115. The highest BCUT2D eigenvalue weighted by Crippen LogP contribution is 2.27. The van der Waals surface area contributed by atoms with E-state index in [9.17, 15) is 9.59 Å². The predicted molar refractivity (Wildman–Crippen MR) is 75.6 cm³/mol. The van der Waals surface area contributed by atoms with Crippen molar-refractivity contribution in [1.29, 1.82) is 0 Å². The van der Waals surface area contributed by atoms with E-state index in [1.165, 1.54) is 11.8 Å². The molecule has 2 aromatic rings. The van der Waals surface area contributed by atoms with E-state index in [4.69, 9.17) is 10.3 Å². The zero-order valence-electron chi connectivity index (χ0n) is 10.8. The second kappa shape index (κ2) is 6.25. The fraction of sp³-hybridized carbons (Fsp3) is 0.154. The van der Waals surface area contributed by atoms with Crippen molar-refractivity contribution < 1.29 is 14.1 Å². The fourth-order valence-electron chi connectivity index (χ4n) is 1.50. The second-order valence-corrected chi connectivity index (χ2v) is 5.05. The Labute approximate surface area is 119 Å². The summed E-state index contributed by atoms with van der Waals surface area (Å²) in [5.74, 6) is -0.522. The number of amides is 2. The van der Waals surface area contributed by atoms with Crippen LogP contribution in [0.4, 0.5) is 5.69 Å². The molecule has 20 heavy (non-hydrogen) atoms. The Morgan fingerprint density at radius 3 is 2.80 bits per heavy atom. The Hall–Kier alpha value is -2.28. The largest absolute Gasteiger partial charge is 0.369 e. The van der Waals surface area contributed by atoms with E-state index in [1.54, 1.807) is 31.2 Å². The number of hydrogen-bond acceptors (Lipinski definition) is 5. The average molecular weight is 291 g/mol. The van der Waals surface area contributed by atoms with Gasteiger partial charge in [0, 0.05) is 11.0 Å². The molecular formula is C13H13N3O3S. The van der Waals surface area contributed by atoms with Crippen LogP contribution in [0.5, 0.6) is 0 Å². The number of primary amides is 1. The third-order valence-corrected chi connectivity index (χ3v) is 3.45. The van der Waals surface area contributed by atoms with E-state index in [0.29, 0.717) is 11.4 Å². The van der Waals surface area contributed by atoms with Crippen LogP contribution < -0.4 is 11.1 Å². The summed E-state index contributed by atoms with van der Waals surface area (Å²) in [4.78, 5) is 23.6. The Bertz CT molecular complexity index is 639. The van der Waals surface area contributed by atoms with E-state index < -0.39 is 11.8 Å². The molecule has 0 bridgehead atoms. The first-order valence-electron chi connectivity index (χ1n) is 5.81. The highest BCUT2D eigenvalue weighted by Gasteiger charge is 2.13. The van der Waals surface area contributed by atoms with Crippen LogP contribution in [-0.2, 0) is 4.79 Å². The normalized spacial score (nSPS) is 10.2. The second-order valence-electron chi connectivity index (χ2n) is 4.04. The molecule has 0 atom stereocenters. The van der Waals surface area contributed by atoms with Crippen molar-refractivity contribution in [3.8, 4) is 0 Å². The van der Waals surface area contributed by atoms with Crippen molar-refractivity contribution in [3.05, 3.63) is 41.8 Å². The van der Waals surface area contributed by atoms with Gasteiger partial charge in [0.2, 0.25) is 11.7 Å². The van der Waals surface area contributed by atoms with Gasteiger partial charge in [-0.3, -0.25) is 9.59 Å². The van der Waals surface area contributed by atoms with Gasteiger partial charge in [0.1, 0.15) is 0 Å². The molecule has 0 aliphatic heterocycles. The maximum atomic E-state index is 12.0. The summed E-state index contributed by atoms with van der Waals surface area (Å²) in [7, 11) is 0. The molecule has 0 spiro atoms. The molecular weight excluding hydrogens is 278 g/mol. The smallest absolute Gasteiger partial charge is 0.294 e. The summed E-state index contributed by atoms with van der Waals surface area (Å²) < 4.78 is 4.89. The fourth-order valence-corrected chi connectivity index (χ4v) is 2.25. The summed E-state index contributed by atoms with van der Waals surface area (Å²) in [6.07, 6.45) is 0. The number of nitrogens with two attached hydrogens (primary N) is 1. The zero-order chi connectivity index (χ0) is 14.5. The van der Waals surface area contributed by atoms with Gasteiger partial charge in [-0.05, 0) is 19.1 Å². The molecule has 1 heterocycles. The van der Waals surface area contributed by atoms with Gasteiger partial charge in [-0.25, -0.2) is 0 Å². The first-order chi connectivity index (χ1) is 9.56. The Morgan fingerprint density at radius 2 is 2.15 bits per heavy atom. The Morgan fingerprint density at radius 1 is 1.40 bits per heavy atom. The average Bonchev–Trinajstić information content (AvgIpc) is 2.84. The molecule has 3 N–H and O–H groups in total. The maximum absolute atomic E-state index is 12.0. The number of nitrogens with zero attached hydrogens (tertiary/aromatic N) is 1. The number of carbonyl (C=O) groups is 2. The molecule has 0 aliphatic rings. The molecule has 7 heteroatoms. The number of aromatic nitrogens is 1. The van der Waals surface area contributed by atoms with E-state index in [-0.39, 0.29) is 11.5 Å². The quantitative estimate of drug-likeness (QED) is 0.819. The SMILES string of the molecule is Cc1cc(C(=O)Nc2ccccc2SCC(N)=O)on1. The van der Waals surface area contributed by atoms with Crippen molar-refractivity contribution in [2.24, 2.45) is 5.73 Å². The van der Waals surface area contributed by atoms with Crippen LogP contribution in [0, 0.1) is 6.92 Å². The molecule has 104 valence electrons. The first-order valence-corrected chi connectivity index (χ1v) is 6.79. The van der Waals surface area contributed by atoms with Crippen molar-refractivity contribution in [2.45, 2.75) is 11.8 Å². The van der Waals surface area contributed by atoms with Crippen LogP contribution in [0.2, 0.25) is 0 Å². The molecule has 0 unspecified atom stereocenters. The van der Waals surface area contributed by atoms with Gasteiger partial charge in [0.15, 0.2) is 0 Å². The molecule has 6 nitrogen and oxygen atoms in total. The molecule has 0 saturated carbocycles. The van der Waals surface area contributed by atoms with Crippen LogP contribution in [0.1, 0.15) is 16.2 Å². The Kier molecular flexibility index (Phi) is 4.41. The number of aryl methyl sites for hydroxylation is 1. The van der Waals surface area contributed by atoms with Crippen molar-refractivity contribution >= 4 is 29.3 Å². The van der Waals surface area contributed by atoms with Crippen LogP contribution in [0.3, 0.4) is 0 Å². The molecule has 0 radical (unpaired) electrons. The molecule has 2 rings (SSSR count). The molecule has 0 saturated heterocycles. The molecule has 0 aliphatic carbocycles. The van der Waals surface area contributed by atoms with Gasteiger partial charge in [-0.15, -0.1) is 11.8 Å². The number of para-hydroxylation sites is 1. The van der Waals surface area contributed by atoms with Gasteiger partial charge < -0.3 is 15.6 Å². The molecule has 2 amide bonds. The van der Waals surface area contributed by atoms with Gasteiger partial charge in [0.05, 0.1) is 17.1 Å². The van der Waals surface area contributed by atoms with Crippen molar-refractivity contribution in [1.82, 2.24) is 5.16 Å². The monoisotopic (exact) mass is 291 g/mol. The van der Waals surface area contributed by atoms with Gasteiger partial charge in [-0.2, -0.15) is 0 Å². The lowest BCUT2D eigenvalue weighted by Gasteiger charge is -2.08. The number of hydrogen-bond donors (Lipinski definition) is 2. The minimum absolute atomic E-state index is 0.136. The number of benzene rings is 1. The minimum Gasteiger partial charge on any atom is -0.369 e. The van der Waals surface area contributed by atoms with Crippen molar-refractivity contribution in [3.63, 3.8) is 0 Å². The Balaban J connectivity index is 2.12. The van der Waals surface area contributed by atoms with E-state index in [1.807, 2.05) is 6.07 Å². The summed E-state index contributed by atoms with van der Waals surface area (Å²) in [5.41, 5.74) is 6.34. The van der Waals surface area contributed by atoms with E-state index in [0.717, 1.165) is 4.90 Å². The van der Waals surface area contributed by atoms with E-state index in [2.05, 4.69) is 10.5 Å². The summed E-state index contributed by atoms with van der Waals surface area (Å²) >= 11 is 1.26. The highest BCUT2D eigenvalue weighted by molar-refractivity contribution is 8.00. The predicted octanol–water partition coefficient (Wildman–Crippen LogP) is 1.81. The minimum atomic E-state index is -0.415. The molecule has 1 aromatic heterocycles. The number of anilines is 1. The summed E-state index contributed by atoms with van der Waals surface area (Å²) in [6, 6.07) is 8.70. The third kappa shape index (κ3) is 3.61. The van der Waals surface area contributed by atoms with Gasteiger partial charge >= 0.3 is 0 Å². The van der Waals surface area contributed by atoms with Crippen molar-refractivity contribution in [2.75, 3.05) is 11.1 Å². The number of thioether (sulfide) groups is 1. The van der Waals surface area contributed by atoms with Crippen LogP contribution in [0.25, 0.3) is 0 Å². The number of rotatable bonds is 5. The lowest BCUT2D eigenvalue weighted by atomic mass is 10.3.